The van der Waals surface area contributed by atoms with Crippen molar-refractivity contribution in [2.75, 3.05) is 0 Å². The molecule has 0 aromatic heterocycles. The van der Waals surface area contributed by atoms with Crippen LogP contribution in [0.4, 0.5) is 0 Å². The van der Waals surface area contributed by atoms with Gasteiger partial charge in [-0.3, -0.25) is 0 Å². The Morgan fingerprint density at radius 1 is 0.474 bits per heavy atom. The van der Waals surface area contributed by atoms with Gasteiger partial charge in [0.1, 0.15) is 0 Å². The first-order valence-corrected chi connectivity index (χ1v) is 15.7. The molecule has 0 radical (unpaired) electrons. The van der Waals surface area contributed by atoms with Gasteiger partial charge in [-0.05, 0) is 93.9 Å². The maximum absolute atomic E-state index is 7.27. The number of hydrogen-bond acceptors (Lipinski definition) is 0. The molecule has 0 nitrogen and oxygen atoms in total. The van der Waals surface area contributed by atoms with Gasteiger partial charge in [0, 0.05) is 23.5 Å². The van der Waals surface area contributed by atoms with E-state index in [2.05, 4.69) is 149 Å². The van der Waals surface area contributed by atoms with Gasteiger partial charge in [-0.1, -0.05) is 148 Å². The van der Waals surface area contributed by atoms with Gasteiger partial charge in [0.15, 0.2) is 4.33 Å². The molecule has 6 heteroatoms. The molecule has 0 atom stereocenters. The highest BCUT2D eigenvalue weighted by atomic mass is 79.9. The minimum Gasteiger partial charge on any atom is -0.0909 e. The van der Waals surface area contributed by atoms with Crippen molar-refractivity contribution in [1.29, 1.82) is 0 Å². The van der Waals surface area contributed by atoms with Crippen LogP contribution in [0.25, 0.3) is 22.3 Å². The monoisotopic (exact) mass is 790 g/mol. The molecular formula is C32H20Br4Cl2. The number of rotatable bonds is 6. The highest BCUT2D eigenvalue weighted by molar-refractivity contribution is 9.11. The van der Waals surface area contributed by atoms with Crippen molar-refractivity contribution in [3.05, 3.63) is 149 Å². The highest BCUT2D eigenvalue weighted by Crippen LogP contribution is 2.49. The van der Waals surface area contributed by atoms with Crippen molar-refractivity contribution in [1.82, 2.24) is 0 Å². The number of benzene rings is 5. The van der Waals surface area contributed by atoms with Gasteiger partial charge in [-0.15, -0.1) is 0 Å². The van der Waals surface area contributed by atoms with E-state index in [1.54, 1.807) is 0 Å². The summed E-state index contributed by atoms with van der Waals surface area (Å²) in [5.74, 6) is 0. The van der Waals surface area contributed by atoms with Crippen LogP contribution in [-0.2, 0) is 10.8 Å². The summed E-state index contributed by atoms with van der Waals surface area (Å²) in [6.45, 7) is 0. The molecule has 0 aliphatic rings. The van der Waals surface area contributed by atoms with E-state index in [4.69, 9.17) is 23.2 Å². The lowest BCUT2D eigenvalue weighted by Gasteiger charge is -2.28. The summed E-state index contributed by atoms with van der Waals surface area (Å²) in [4.78, 5) is 0. The average Bonchev–Trinajstić information content (AvgIpc) is 2.91. The van der Waals surface area contributed by atoms with E-state index < -0.39 is 4.33 Å². The second-order valence-corrected chi connectivity index (χ2v) is 13.9. The third kappa shape index (κ3) is 6.16. The summed E-state index contributed by atoms with van der Waals surface area (Å²) >= 11 is 28.8. The first kappa shape index (κ1) is 28.1. The molecule has 5 rings (SSSR count). The topological polar surface area (TPSA) is 0 Å². The third-order valence-electron chi connectivity index (χ3n) is 6.41. The van der Waals surface area contributed by atoms with Crippen LogP contribution >= 0.6 is 86.9 Å². The molecule has 0 bridgehead atoms. The molecule has 0 fully saturated rings. The van der Waals surface area contributed by atoms with Crippen LogP contribution < -0.4 is 0 Å². The molecular weight excluding hydrogens is 775 g/mol. The smallest absolute Gasteiger partial charge is 0.0909 e. The Bertz CT molecular complexity index is 1560. The minimum atomic E-state index is -1.27. The number of alkyl halides is 2. The molecule has 0 saturated heterocycles. The Balaban J connectivity index is 1.81. The molecule has 0 unspecified atom stereocenters. The van der Waals surface area contributed by atoms with Crippen molar-refractivity contribution in [2.45, 2.75) is 10.8 Å². The van der Waals surface area contributed by atoms with Crippen LogP contribution in [-0.4, -0.2) is 0 Å². The van der Waals surface area contributed by atoms with Crippen LogP contribution in [0.2, 0.25) is 0 Å². The Morgan fingerprint density at radius 3 is 1.39 bits per heavy atom. The standard InChI is InChI=1S/C32H20Br4Cl2/c33-25-10-1-20(2-11-25)19-23-7-18-29(32(37,38)24-8-16-28(36)17-9-24)31(22-5-14-27(35)15-6-22)30(23)21-3-12-26(34)13-4-21/h1-18H,19H2. The lowest BCUT2D eigenvalue weighted by atomic mass is 9.83. The van der Waals surface area contributed by atoms with Crippen LogP contribution in [0.1, 0.15) is 22.3 Å². The van der Waals surface area contributed by atoms with Gasteiger partial charge < -0.3 is 0 Å². The zero-order valence-electron chi connectivity index (χ0n) is 19.9. The normalized spacial score (nSPS) is 11.5. The highest BCUT2D eigenvalue weighted by Gasteiger charge is 2.34. The lowest BCUT2D eigenvalue weighted by Crippen LogP contribution is -2.15. The molecule has 190 valence electrons. The zero-order valence-corrected chi connectivity index (χ0v) is 27.7. The van der Waals surface area contributed by atoms with Gasteiger partial charge in [-0.2, -0.15) is 0 Å². The van der Waals surface area contributed by atoms with Crippen molar-refractivity contribution in [3.63, 3.8) is 0 Å². The van der Waals surface area contributed by atoms with E-state index in [9.17, 15) is 0 Å². The molecule has 38 heavy (non-hydrogen) atoms. The summed E-state index contributed by atoms with van der Waals surface area (Å²) in [6.07, 6.45) is 0.762. The minimum absolute atomic E-state index is 0.762. The molecule has 0 amide bonds. The molecule has 0 heterocycles. The van der Waals surface area contributed by atoms with Gasteiger partial charge >= 0.3 is 0 Å². The molecule has 0 saturated carbocycles. The van der Waals surface area contributed by atoms with Crippen molar-refractivity contribution >= 4 is 86.9 Å². The van der Waals surface area contributed by atoms with E-state index in [1.807, 2.05) is 24.3 Å². The first-order chi connectivity index (χ1) is 18.2. The maximum Gasteiger partial charge on any atom is 0.168 e. The molecule has 5 aromatic carbocycles. The van der Waals surface area contributed by atoms with E-state index in [0.717, 1.165) is 57.7 Å². The first-order valence-electron chi connectivity index (χ1n) is 11.8. The van der Waals surface area contributed by atoms with Gasteiger partial charge in [0.2, 0.25) is 0 Å². The molecule has 0 spiro atoms. The van der Waals surface area contributed by atoms with Crippen LogP contribution in [0, 0.1) is 0 Å². The van der Waals surface area contributed by atoms with E-state index in [1.165, 1.54) is 11.1 Å². The molecule has 0 N–H and O–H groups in total. The quantitative estimate of drug-likeness (QED) is 0.150. The van der Waals surface area contributed by atoms with Gasteiger partial charge in [-0.25, -0.2) is 0 Å². The van der Waals surface area contributed by atoms with Gasteiger partial charge in [0.25, 0.3) is 0 Å². The fourth-order valence-corrected chi connectivity index (χ4v) is 6.18. The number of hydrogen-bond donors (Lipinski definition) is 0. The van der Waals surface area contributed by atoms with Crippen LogP contribution in [0.3, 0.4) is 0 Å². The summed E-state index contributed by atoms with van der Waals surface area (Å²) in [7, 11) is 0. The largest absolute Gasteiger partial charge is 0.168 e. The van der Waals surface area contributed by atoms with Crippen molar-refractivity contribution < 1.29 is 0 Å². The predicted molar refractivity (Wildman–Crippen MR) is 176 cm³/mol. The maximum atomic E-state index is 7.27. The fraction of sp³-hybridized carbons (Fsp3) is 0.0625. The average molecular weight is 795 g/mol. The van der Waals surface area contributed by atoms with E-state index in [0.29, 0.717) is 0 Å². The van der Waals surface area contributed by atoms with Crippen molar-refractivity contribution in [2.24, 2.45) is 0 Å². The zero-order chi connectivity index (χ0) is 26.9. The van der Waals surface area contributed by atoms with Gasteiger partial charge in [0.05, 0.1) is 0 Å². The van der Waals surface area contributed by atoms with E-state index >= 15 is 0 Å². The van der Waals surface area contributed by atoms with E-state index in [-0.39, 0.29) is 0 Å². The second kappa shape index (κ2) is 12.0. The molecule has 5 aromatic rings. The summed E-state index contributed by atoms with van der Waals surface area (Å²) < 4.78 is 2.79. The third-order valence-corrected chi connectivity index (χ3v) is 9.37. The summed E-state index contributed by atoms with van der Waals surface area (Å²) in [5, 5.41) is 0. The Hall–Kier alpha value is -1.40. The summed E-state index contributed by atoms with van der Waals surface area (Å²) in [5.41, 5.74) is 8.33. The number of halogens is 6. The summed E-state index contributed by atoms with van der Waals surface area (Å²) in [6, 6.07) is 37.3. The van der Waals surface area contributed by atoms with Crippen molar-refractivity contribution in [3.8, 4) is 22.3 Å². The Morgan fingerprint density at radius 2 is 0.895 bits per heavy atom. The Kier molecular flexibility index (Phi) is 8.88. The molecule has 0 aliphatic carbocycles. The SMILES string of the molecule is ClC(Cl)(c1ccc(Br)cc1)c1ccc(Cc2ccc(Br)cc2)c(-c2ccc(Br)cc2)c1-c1ccc(Br)cc1. The van der Waals surface area contributed by atoms with Crippen LogP contribution in [0.5, 0.6) is 0 Å². The fourth-order valence-electron chi connectivity index (χ4n) is 4.55. The van der Waals surface area contributed by atoms with Crippen LogP contribution in [0.15, 0.2) is 127 Å². The Labute approximate surface area is 266 Å². The lowest BCUT2D eigenvalue weighted by molar-refractivity contribution is 1.03. The second-order valence-electron chi connectivity index (χ2n) is 8.92. The molecule has 0 aliphatic heterocycles. The predicted octanol–water partition coefficient (Wildman–Crippen LogP) is 12.3.